The van der Waals surface area contributed by atoms with E-state index in [2.05, 4.69) is 27.8 Å². The summed E-state index contributed by atoms with van der Waals surface area (Å²) >= 11 is 0. The van der Waals surface area contributed by atoms with Crippen LogP contribution in [0.25, 0.3) is 17.2 Å². The van der Waals surface area contributed by atoms with Crippen molar-refractivity contribution in [1.29, 1.82) is 0 Å². The Bertz CT molecular complexity index is 1220. The van der Waals surface area contributed by atoms with E-state index in [4.69, 9.17) is 15.7 Å². The van der Waals surface area contributed by atoms with Crippen LogP contribution in [0, 0.1) is 0 Å². The van der Waals surface area contributed by atoms with Crippen LogP contribution < -0.4 is 16.4 Å². The van der Waals surface area contributed by atoms with Crippen molar-refractivity contribution >= 4 is 22.9 Å². The first-order valence-electron chi connectivity index (χ1n) is 9.39. The Kier molecular flexibility index (Phi) is 4.09. The summed E-state index contributed by atoms with van der Waals surface area (Å²) in [6.45, 7) is 1.47. The fourth-order valence-corrected chi connectivity index (χ4v) is 3.58. The van der Waals surface area contributed by atoms with Gasteiger partial charge in [0, 0.05) is 25.7 Å². The molecule has 0 aliphatic carbocycles. The van der Waals surface area contributed by atoms with Crippen molar-refractivity contribution in [2.45, 2.75) is 13.0 Å². The third kappa shape index (κ3) is 3.04. The molecule has 1 aromatic carbocycles. The molecular weight excluding hydrogens is 366 g/mol. The highest BCUT2D eigenvalue weighted by Crippen LogP contribution is 2.31. The van der Waals surface area contributed by atoms with Gasteiger partial charge in [-0.05, 0) is 17.7 Å². The average Bonchev–Trinajstić information content (AvgIpc) is 3.39. The first-order chi connectivity index (χ1) is 14.2. The summed E-state index contributed by atoms with van der Waals surface area (Å²) in [5.41, 5.74) is 9.59. The molecule has 0 bridgehead atoms. The van der Waals surface area contributed by atoms with Gasteiger partial charge in [0.1, 0.15) is 0 Å². The number of nitrogens with two attached hydrogens (primary N) is 1. The summed E-state index contributed by atoms with van der Waals surface area (Å²) in [4.78, 5) is 25.7. The SMILES string of the molecule is NC(=O)c1cccn2c(-c3nc4c(c(NCc5ccccc5)n3)NCC4)ncc12. The first-order valence-corrected chi connectivity index (χ1v) is 9.39. The monoisotopic (exact) mass is 385 g/mol. The smallest absolute Gasteiger partial charge is 0.250 e. The molecule has 144 valence electrons. The second-order valence-corrected chi connectivity index (χ2v) is 6.86. The van der Waals surface area contributed by atoms with E-state index in [1.165, 1.54) is 0 Å². The van der Waals surface area contributed by atoms with Gasteiger partial charge in [-0.1, -0.05) is 30.3 Å². The number of imidazole rings is 1. The number of anilines is 2. The Labute approximate surface area is 166 Å². The maximum Gasteiger partial charge on any atom is 0.250 e. The van der Waals surface area contributed by atoms with Crippen LogP contribution in [0.4, 0.5) is 11.5 Å². The van der Waals surface area contributed by atoms with E-state index in [1.54, 1.807) is 22.7 Å². The lowest BCUT2D eigenvalue weighted by molar-refractivity contribution is 0.100. The number of hydrogen-bond acceptors (Lipinski definition) is 6. The molecule has 3 aromatic heterocycles. The Hall–Kier alpha value is -3.94. The fourth-order valence-electron chi connectivity index (χ4n) is 3.58. The lowest BCUT2D eigenvalue weighted by atomic mass is 10.2. The van der Waals surface area contributed by atoms with Crippen molar-refractivity contribution in [2.75, 3.05) is 17.2 Å². The minimum atomic E-state index is -0.494. The zero-order valence-electron chi connectivity index (χ0n) is 15.6. The maximum atomic E-state index is 11.7. The predicted molar refractivity (Wildman–Crippen MR) is 111 cm³/mol. The van der Waals surface area contributed by atoms with Crippen molar-refractivity contribution in [3.05, 3.63) is 71.7 Å². The van der Waals surface area contributed by atoms with Crippen LogP contribution in [0.2, 0.25) is 0 Å². The second kappa shape index (κ2) is 6.90. The zero-order valence-corrected chi connectivity index (χ0v) is 15.6. The number of aromatic nitrogens is 4. The molecule has 0 saturated heterocycles. The van der Waals surface area contributed by atoms with Gasteiger partial charge in [-0.15, -0.1) is 0 Å². The van der Waals surface area contributed by atoms with Crippen LogP contribution in [0.3, 0.4) is 0 Å². The quantitative estimate of drug-likeness (QED) is 0.487. The fraction of sp³-hybridized carbons (Fsp3) is 0.143. The van der Waals surface area contributed by atoms with Crippen molar-refractivity contribution in [1.82, 2.24) is 19.4 Å². The highest BCUT2D eigenvalue weighted by Gasteiger charge is 2.22. The van der Waals surface area contributed by atoms with Crippen LogP contribution in [-0.4, -0.2) is 31.8 Å². The maximum absolute atomic E-state index is 11.7. The van der Waals surface area contributed by atoms with E-state index in [9.17, 15) is 4.79 Å². The molecule has 8 heteroatoms. The number of nitrogens with zero attached hydrogens (tertiary/aromatic N) is 4. The number of fused-ring (bicyclic) bond motifs is 2. The number of amides is 1. The zero-order chi connectivity index (χ0) is 19.8. The second-order valence-electron chi connectivity index (χ2n) is 6.86. The van der Waals surface area contributed by atoms with Crippen molar-refractivity contribution in [2.24, 2.45) is 5.73 Å². The van der Waals surface area contributed by atoms with E-state index in [0.29, 0.717) is 29.3 Å². The van der Waals surface area contributed by atoms with Gasteiger partial charge in [0.25, 0.3) is 5.91 Å². The molecular formula is C21H19N7O. The molecule has 4 heterocycles. The van der Waals surface area contributed by atoms with Crippen molar-refractivity contribution < 1.29 is 4.79 Å². The highest BCUT2D eigenvalue weighted by atomic mass is 16.1. The molecule has 0 atom stereocenters. The number of pyridine rings is 1. The van der Waals surface area contributed by atoms with Gasteiger partial charge in [-0.3, -0.25) is 9.20 Å². The summed E-state index contributed by atoms with van der Waals surface area (Å²) in [5.74, 6) is 1.32. The van der Waals surface area contributed by atoms with Gasteiger partial charge in [0.15, 0.2) is 17.5 Å². The molecule has 1 aliphatic rings. The number of benzene rings is 1. The number of nitrogens with one attached hydrogen (secondary N) is 2. The first kappa shape index (κ1) is 17.2. The third-order valence-electron chi connectivity index (χ3n) is 4.99. The summed E-state index contributed by atoms with van der Waals surface area (Å²) in [5, 5.41) is 6.78. The lowest BCUT2D eigenvalue weighted by Crippen LogP contribution is -2.12. The minimum Gasteiger partial charge on any atom is -0.380 e. The molecule has 5 rings (SSSR count). The van der Waals surface area contributed by atoms with Gasteiger partial charge in [0.2, 0.25) is 0 Å². The summed E-state index contributed by atoms with van der Waals surface area (Å²) in [7, 11) is 0. The number of carbonyl (C=O) groups excluding carboxylic acids is 1. The molecule has 1 aliphatic heterocycles. The Morgan fingerprint density at radius 1 is 1.17 bits per heavy atom. The topological polar surface area (TPSA) is 110 Å². The van der Waals surface area contributed by atoms with Gasteiger partial charge in [-0.25, -0.2) is 15.0 Å². The van der Waals surface area contributed by atoms with E-state index < -0.39 is 5.91 Å². The van der Waals surface area contributed by atoms with E-state index in [1.807, 2.05) is 24.4 Å². The summed E-state index contributed by atoms with van der Waals surface area (Å²) < 4.78 is 1.80. The molecule has 4 aromatic rings. The van der Waals surface area contributed by atoms with Crippen LogP contribution in [0.5, 0.6) is 0 Å². The molecule has 8 nitrogen and oxygen atoms in total. The standard InChI is InChI=1S/C21H19N7O/c22-18(29)14-7-4-10-28-16(14)12-25-21(28)20-26-15-8-9-23-17(15)19(27-20)24-11-13-5-2-1-3-6-13/h1-7,10,12,23H,8-9,11H2,(H2,22,29)(H,24,26,27). The van der Waals surface area contributed by atoms with Crippen LogP contribution in [0.1, 0.15) is 21.6 Å². The van der Waals surface area contributed by atoms with Crippen LogP contribution >= 0.6 is 0 Å². The lowest BCUT2D eigenvalue weighted by Gasteiger charge is -2.12. The van der Waals surface area contributed by atoms with E-state index in [-0.39, 0.29) is 0 Å². The molecule has 29 heavy (non-hydrogen) atoms. The van der Waals surface area contributed by atoms with Crippen molar-refractivity contribution in [3.63, 3.8) is 0 Å². The molecule has 0 unspecified atom stereocenters. The molecule has 0 radical (unpaired) electrons. The van der Waals surface area contributed by atoms with Crippen LogP contribution in [0.15, 0.2) is 54.9 Å². The number of hydrogen-bond donors (Lipinski definition) is 3. The molecule has 0 spiro atoms. The van der Waals surface area contributed by atoms with Crippen molar-refractivity contribution in [3.8, 4) is 11.6 Å². The molecule has 0 fully saturated rings. The van der Waals surface area contributed by atoms with Gasteiger partial charge in [-0.2, -0.15) is 0 Å². The largest absolute Gasteiger partial charge is 0.380 e. The highest BCUT2D eigenvalue weighted by molar-refractivity contribution is 5.99. The number of rotatable bonds is 5. The van der Waals surface area contributed by atoms with E-state index in [0.717, 1.165) is 35.7 Å². The van der Waals surface area contributed by atoms with Gasteiger partial charge < -0.3 is 16.4 Å². The molecule has 0 saturated carbocycles. The average molecular weight is 385 g/mol. The normalized spacial score (nSPS) is 12.6. The van der Waals surface area contributed by atoms with E-state index >= 15 is 0 Å². The summed E-state index contributed by atoms with van der Waals surface area (Å²) in [6.07, 6.45) is 4.28. The van der Waals surface area contributed by atoms with Gasteiger partial charge >= 0.3 is 0 Å². The molecule has 1 amide bonds. The summed E-state index contributed by atoms with van der Waals surface area (Å²) in [6, 6.07) is 13.6. The predicted octanol–water partition coefficient (Wildman–Crippen LogP) is 2.47. The molecule has 4 N–H and O–H groups in total. The minimum absolute atomic E-state index is 0.413. The third-order valence-corrected chi connectivity index (χ3v) is 4.99. The number of carbonyl (C=O) groups is 1. The Morgan fingerprint density at radius 2 is 2.03 bits per heavy atom. The number of primary amides is 1. The Morgan fingerprint density at radius 3 is 2.86 bits per heavy atom. The van der Waals surface area contributed by atoms with Gasteiger partial charge in [0.05, 0.1) is 28.7 Å². The van der Waals surface area contributed by atoms with Crippen LogP contribution in [-0.2, 0) is 13.0 Å². The Balaban J connectivity index is 1.57.